The molecule has 0 saturated carbocycles. The molecule has 20 heavy (non-hydrogen) atoms. The zero-order valence-electron chi connectivity index (χ0n) is 12.8. The van der Waals surface area contributed by atoms with Gasteiger partial charge >= 0.3 is 0 Å². The highest BCUT2D eigenvalue weighted by Crippen LogP contribution is 2.38. The molecule has 1 atom stereocenters. The summed E-state index contributed by atoms with van der Waals surface area (Å²) in [5.74, 6) is 2.16. The Morgan fingerprint density at radius 3 is 2.60 bits per heavy atom. The highest BCUT2D eigenvalue weighted by atomic mass is 16.3. The molecule has 3 rings (SSSR count). The van der Waals surface area contributed by atoms with E-state index in [4.69, 9.17) is 0 Å². The second-order valence-corrected chi connectivity index (χ2v) is 6.91. The molecule has 2 heteroatoms. The zero-order valence-corrected chi connectivity index (χ0v) is 12.8. The van der Waals surface area contributed by atoms with Crippen molar-refractivity contribution in [1.82, 2.24) is 4.90 Å². The summed E-state index contributed by atoms with van der Waals surface area (Å²) in [6, 6.07) is 6.58. The van der Waals surface area contributed by atoms with Crippen molar-refractivity contribution >= 4 is 0 Å². The lowest BCUT2D eigenvalue weighted by atomic mass is 9.82. The zero-order chi connectivity index (χ0) is 14.1. The van der Waals surface area contributed by atoms with Gasteiger partial charge < -0.3 is 5.11 Å². The predicted molar refractivity (Wildman–Crippen MR) is 82.9 cm³/mol. The first-order valence-corrected chi connectivity index (χ1v) is 8.21. The Bertz CT molecular complexity index is 460. The lowest BCUT2D eigenvalue weighted by Crippen LogP contribution is -2.39. The number of aromatic hydroxyl groups is 1. The number of aryl methyl sites for hydroxylation is 1. The molecular weight excluding hydrogens is 246 g/mol. The summed E-state index contributed by atoms with van der Waals surface area (Å²) in [7, 11) is 0. The Hall–Kier alpha value is -1.02. The largest absolute Gasteiger partial charge is 0.508 e. The van der Waals surface area contributed by atoms with Crippen molar-refractivity contribution in [2.75, 3.05) is 13.1 Å². The van der Waals surface area contributed by atoms with Gasteiger partial charge in [0.25, 0.3) is 0 Å². The van der Waals surface area contributed by atoms with Crippen molar-refractivity contribution in [2.24, 2.45) is 11.8 Å². The van der Waals surface area contributed by atoms with Crippen LogP contribution in [0.1, 0.15) is 56.7 Å². The van der Waals surface area contributed by atoms with E-state index in [1.54, 1.807) is 0 Å². The van der Waals surface area contributed by atoms with Crippen LogP contribution in [-0.4, -0.2) is 23.1 Å². The molecule has 0 radical (unpaired) electrons. The number of rotatable bonds is 2. The van der Waals surface area contributed by atoms with Crippen LogP contribution in [-0.2, 0) is 6.42 Å². The molecule has 0 bridgehead atoms. The van der Waals surface area contributed by atoms with Crippen LogP contribution in [0.4, 0.5) is 0 Å². The van der Waals surface area contributed by atoms with Crippen molar-refractivity contribution in [2.45, 2.75) is 52.0 Å². The molecule has 1 aromatic carbocycles. The lowest BCUT2D eigenvalue weighted by molar-refractivity contribution is 0.105. The normalized spacial score (nSPS) is 24.9. The fourth-order valence-electron chi connectivity index (χ4n) is 4.05. The van der Waals surface area contributed by atoms with Gasteiger partial charge in [0.05, 0.1) is 0 Å². The molecule has 1 N–H and O–H groups in total. The number of likely N-dealkylation sites (tertiary alicyclic amines) is 1. The summed E-state index contributed by atoms with van der Waals surface area (Å²) in [6.07, 6.45) is 6.36. The highest BCUT2D eigenvalue weighted by Gasteiger charge is 2.30. The van der Waals surface area contributed by atoms with Gasteiger partial charge in [0, 0.05) is 6.04 Å². The van der Waals surface area contributed by atoms with Crippen LogP contribution in [0.2, 0.25) is 0 Å². The standard InChI is InChI=1S/C18H27NO/c1-13(2)14-8-10-19(11-9-14)18-5-3-4-15-12-16(20)6-7-17(15)18/h6-7,12-14,18,20H,3-5,8-11H2,1-2H3. The Kier molecular flexibility index (Phi) is 4.02. The summed E-state index contributed by atoms with van der Waals surface area (Å²) in [5, 5.41) is 9.67. The van der Waals surface area contributed by atoms with E-state index in [0.717, 1.165) is 18.3 Å². The number of hydrogen-bond acceptors (Lipinski definition) is 2. The van der Waals surface area contributed by atoms with Crippen molar-refractivity contribution in [3.63, 3.8) is 0 Å². The SMILES string of the molecule is CC(C)C1CCN(C2CCCc3cc(O)ccc32)CC1. The molecule has 1 aliphatic carbocycles. The molecule has 2 nitrogen and oxygen atoms in total. The van der Waals surface area contributed by atoms with Gasteiger partial charge in [0.2, 0.25) is 0 Å². The summed E-state index contributed by atoms with van der Waals surface area (Å²) >= 11 is 0. The summed E-state index contributed by atoms with van der Waals surface area (Å²) < 4.78 is 0. The van der Waals surface area contributed by atoms with Crippen molar-refractivity contribution < 1.29 is 5.11 Å². The number of hydrogen-bond donors (Lipinski definition) is 1. The molecule has 1 unspecified atom stereocenters. The van der Waals surface area contributed by atoms with Crippen molar-refractivity contribution in [3.05, 3.63) is 29.3 Å². The minimum atomic E-state index is 0.419. The predicted octanol–water partition coefficient (Wildman–Crippen LogP) is 4.14. The van der Waals surface area contributed by atoms with E-state index in [2.05, 4.69) is 24.8 Å². The maximum absolute atomic E-state index is 9.67. The molecule has 110 valence electrons. The second kappa shape index (κ2) is 5.77. The fourth-order valence-corrected chi connectivity index (χ4v) is 4.05. The average Bonchev–Trinajstić information content (AvgIpc) is 2.46. The maximum Gasteiger partial charge on any atom is 0.115 e. The fraction of sp³-hybridized carbons (Fsp3) is 0.667. The molecule has 1 aliphatic heterocycles. The van der Waals surface area contributed by atoms with Crippen LogP contribution in [0.25, 0.3) is 0 Å². The number of nitrogens with zero attached hydrogens (tertiary/aromatic N) is 1. The monoisotopic (exact) mass is 273 g/mol. The first kappa shape index (κ1) is 13.9. The van der Waals surface area contributed by atoms with E-state index in [9.17, 15) is 5.11 Å². The van der Waals surface area contributed by atoms with Gasteiger partial charge in [0.15, 0.2) is 0 Å². The van der Waals surface area contributed by atoms with Crippen LogP contribution >= 0.6 is 0 Å². The van der Waals surface area contributed by atoms with Gasteiger partial charge in [-0.2, -0.15) is 0 Å². The van der Waals surface area contributed by atoms with Gasteiger partial charge in [-0.05, 0) is 80.3 Å². The first-order valence-electron chi connectivity index (χ1n) is 8.21. The topological polar surface area (TPSA) is 23.5 Å². The highest BCUT2D eigenvalue weighted by molar-refractivity contribution is 5.38. The van der Waals surface area contributed by atoms with E-state index in [-0.39, 0.29) is 0 Å². The van der Waals surface area contributed by atoms with E-state index < -0.39 is 0 Å². The molecule has 1 heterocycles. The second-order valence-electron chi connectivity index (χ2n) is 6.91. The van der Waals surface area contributed by atoms with Gasteiger partial charge in [-0.1, -0.05) is 19.9 Å². The third-order valence-corrected chi connectivity index (χ3v) is 5.37. The van der Waals surface area contributed by atoms with Crippen molar-refractivity contribution in [1.29, 1.82) is 0 Å². The number of phenolic OH excluding ortho intramolecular Hbond substituents is 1. The quantitative estimate of drug-likeness (QED) is 0.875. The number of piperidine rings is 1. The molecule has 2 aliphatic rings. The Balaban J connectivity index is 1.74. The number of fused-ring (bicyclic) bond motifs is 1. The van der Waals surface area contributed by atoms with Gasteiger partial charge in [-0.25, -0.2) is 0 Å². The molecule has 1 fully saturated rings. The summed E-state index contributed by atoms with van der Waals surface area (Å²) in [6.45, 7) is 7.21. The smallest absolute Gasteiger partial charge is 0.115 e. The van der Waals surface area contributed by atoms with Crippen LogP contribution < -0.4 is 0 Å². The minimum Gasteiger partial charge on any atom is -0.508 e. The Morgan fingerprint density at radius 1 is 1.15 bits per heavy atom. The van der Waals surface area contributed by atoms with Crippen LogP contribution in [0.3, 0.4) is 0 Å². The van der Waals surface area contributed by atoms with Gasteiger partial charge in [-0.3, -0.25) is 4.90 Å². The van der Waals surface area contributed by atoms with E-state index in [1.165, 1.54) is 49.9 Å². The Labute approximate surface area is 122 Å². The van der Waals surface area contributed by atoms with Crippen molar-refractivity contribution in [3.8, 4) is 5.75 Å². The summed E-state index contributed by atoms with van der Waals surface area (Å²) in [4.78, 5) is 2.69. The molecule has 0 amide bonds. The number of phenols is 1. The molecule has 1 saturated heterocycles. The van der Waals surface area contributed by atoms with E-state index >= 15 is 0 Å². The average molecular weight is 273 g/mol. The van der Waals surface area contributed by atoms with Crippen LogP contribution in [0.5, 0.6) is 5.75 Å². The molecule has 1 aromatic rings. The van der Waals surface area contributed by atoms with E-state index in [1.807, 2.05) is 12.1 Å². The van der Waals surface area contributed by atoms with Gasteiger partial charge in [-0.15, -0.1) is 0 Å². The van der Waals surface area contributed by atoms with Crippen LogP contribution in [0, 0.1) is 11.8 Å². The third kappa shape index (κ3) is 2.71. The van der Waals surface area contributed by atoms with Crippen LogP contribution in [0.15, 0.2) is 18.2 Å². The third-order valence-electron chi connectivity index (χ3n) is 5.37. The first-order chi connectivity index (χ1) is 9.65. The molecular formula is C18H27NO. The maximum atomic E-state index is 9.67. The Morgan fingerprint density at radius 2 is 1.90 bits per heavy atom. The van der Waals surface area contributed by atoms with E-state index in [0.29, 0.717) is 11.8 Å². The molecule has 0 spiro atoms. The minimum absolute atomic E-state index is 0.419. The molecule has 0 aromatic heterocycles. The lowest BCUT2D eigenvalue weighted by Gasteiger charge is -2.41. The number of benzene rings is 1. The van der Waals surface area contributed by atoms with Gasteiger partial charge in [0.1, 0.15) is 5.75 Å². The summed E-state index contributed by atoms with van der Waals surface area (Å²) in [5.41, 5.74) is 2.84.